The van der Waals surface area contributed by atoms with Gasteiger partial charge in [0, 0.05) is 5.41 Å². The normalized spacial score (nSPS) is 11.6. The highest BCUT2D eigenvalue weighted by molar-refractivity contribution is 5.42. The molecule has 0 radical (unpaired) electrons. The smallest absolute Gasteiger partial charge is 0.162 e. The molecule has 2 aromatic heterocycles. The molecular formula is C11H12N4. The van der Waals surface area contributed by atoms with E-state index in [1.165, 1.54) is 6.20 Å². The van der Waals surface area contributed by atoms with Gasteiger partial charge in [-0.3, -0.25) is 0 Å². The van der Waals surface area contributed by atoms with Crippen LogP contribution in [0.25, 0.3) is 5.65 Å². The quantitative estimate of drug-likeness (QED) is 0.652. The average molecular weight is 200 g/mol. The fourth-order valence-electron chi connectivity index (χ4n) is 1.35. The Morgan fingerprint density at radius 1 is 1.33 bits per heavy atom. The van der Waals surface area contributed by atoms with Crippen LogP contribution in [0, 0.1) is 11.3 Å². The largest absolute Gasteiger partial charge is 0.234 e. The highest BCUT2D eigenvalue weighted by Crippen LogP contribution is 2.20. The van der Waals surface area contributed by atoms with E-state index in [0.29, 0.717) is 11.3 Å². The van der Waals surface area contributed by atoms with Gasteiger partial charge in [-0.2, -0.15) is 10.4 Å². The van der Waals surface area contributed by atoms with Crippen molar-refractivity contribution in [2.75, 3.05) is 0 Å². The van der Waals surface area contributed by atoms with Gasteiger partial charge in [0.1, 0.15) is 6.07 Å². The maximum Gasteiger partial charge on any atom is 0.162 e. The van der Waals surface area contributed by atoms with E-state index in [4.69, 9.17) is 5.26 Å². The van der Waals surface area contributed by atoms with Gasteiger partial charge in [-0.05, 0) is 12.1 Å². The van der Waals surface area contributed by atoms with Crippen molar-refractivity contribution in [1.82, 2.24) is 14.6 Å². The van der Waals surface area contributed by atoms with Crippen molar-refractivity contribution in [3.63, 3.8) is 0 Å². The van der Waals surface area contributed by atoms with E-state index in [9.17, 15) is 0 Å². The van der Waals surface area contributed by atoms with Crippen LogP contribution in [0.15, 0.2) is 18.3 Å². The third kappa shape index (κ3) is 1.57. The third-order valence-corrected chi connectivity index (χ3v) is 2.25. The van der Waals surface area contributed by atoms with Gasteiger partial charge in [0.25, 0.3) is 0 Å². The van der Waals surface area contributed by atoms with Gasteiger partial charge in [-0.25, -0.2) is 9.50 Å². The summed E-state index contributed by atoms with van der Waals surface area (Å²) in [5, 5.41) is 13.3. The summed E-state index contributed by atoms with van der Waals surface area (Å²) in [6.07, 6.45) is 1.54. The van der Waals surface area contributed by atoms with Gasteiger partial charge in [-0.15, -0.1) is 0 Å². The maximum absolute atomic E-state index is 8.87. The predicted octanol–water partition coefficient (Wildman–Crippen LogP) is 1.90. The van der Waals surface area contributed by atoms with E-state index >= 15 is 0 Å². The molecule has 0 aliphatic heterocycles. The summed E-state index contributed by atoms with van der Waals surface area (Å²) in [5.74, 6) is 0. The summed E-state index contributed by atoms with van der Waals surface area (Å²) < 4.78 is 1.58. The molecule has 15 heavy (non-hydrogen) atoms. The molecule has 2 aromatic rings. The zero-order valence-electron chi connectivity index (χ0n) is 9.02. The van der Waals surface area contributed by atoms with Crippen LogP contribution in [0.3, 0.4) is 0 Å². The second-order valence-corrected chi connectivity index (χ2v) is 4.49. The first kappa shape index (κ1) is 9.66. The second-order valence-electron chi connectivity index (χ2n) is 4.49. The molecule has 0 fully saturated rings. The van der Waals surface area contributed by atoms with Crippen LogP contribution >= 0.6 is 0 Å². The van der Waals surface area contributed by atoms with Crippen LogP contribution in [0.1, 0.15) is 32.2 Å². The highest BCUT2D eigenvalue weighted by Gasteiger charge is 2.16. The Morgan fingerprint density at radius 2 is 2.07 bits per heavy atom. The maximum atomic E-state index is 8.87. The van der Waals surface area contributed by atoms with Crippen molar-refractivity contribution in [3.05, 3.63) is 29.7 Å². The van der Waals surface area contributed by atoms with Crippen LogP contribution in [0.5, 0.6) is 0 Å². The minimum Gasteiger partial charge on any atom is -0.234 e. The van der Waals surface area contributed by atoms with Gasteiger partial charge >= 0.3 is 0 Å². The molecule has 0 saturated carbocycles. The van der Waals surface area contributed by atoms with Gasteiger partial charge < -0.3 is 0 Å². The third-order valence-electron chi connectivity index (χ3n) is 2.25. The molecule has 0 N–H and O–H groups in total. The van der Waals surface area contributed by atoms with Crippen molar-refractivity contribution in [2.24, 2.45) is 0 Å². The van der Waals surface area contributed by atoms with Crippen molar-refractivity contribution < 1.29 is 0 Å². The molecular weight excluding hydrogens is 188 g/mol. The summed E-state index contributed by atoms with van der Waals surface area (Å²) >= 11 is 0. The Hall–Kier alpha value is -1.89. The molecule has 0 aliphatic carbocycles. The first-order valence-corrected chi connectivity index (χ1v) is 4.78. The molecule has 0 unspecified atom stereocenters. The molecule has 2 heterocycles. The minimum absolute atomic E-state index is 0.0226. The van der Waals surface area contributed by atoms with E-state index < -0.39 is 0 Å². The van der Waals surface area contributed by atoms with Gasteiger partial charge in [-0.1, -0.05) is 20.8 Å². The molecule has 0 saturated heterocycles. The Balaban J connectivity index is 2.69. The highest BCUT2D eigenvalue weighted by atomic mass is 15.3. The number of aromatic nitrogens is 3. The van der Waals surface area contributed by atoms with Gasteiger partial charge in [0.15, 0.2) is 11.3 Å². The van der Waals surface area contributed by atoms with Crippen LogP contribution in [0.2, 0.25) is 0 Å². The summed E-state index contributed by atoms with van der Waals surface area (Å²) in [5.41, 5.74) is 2.10. The van der Waals surface area contributed by atoms with E-state index in [2.05, 4.69) is 36.9 Å². The lowest BCUT2D eigenvalue weighted by atomic mass is 9.92. The number of hydrogen-bond acceptors (Lipinski definition) is 3. The average Bonchev–Trinajstić information content (AvgIpc) is 2.57. The molecule has 4 heteroatoms. The number of hydrogen-bond donors (Lipinski definition) is 0. The Morgan fingerprint density at radius 3 is 2.67 bits per heavy atom. The molecule has 4 nitrogen and oxygen atoms in total. The number of imidazole rings is 1. The first-order valence-electron chi connectivity index (χ1n) is 4.78. The SMILES string of the molecule is CC(C)(C)c1ccc2ncc(C#N)n2n1. The Labute approximate surface area is 88.2 Å². The Kier molecular flexibility index (Phi) is 1.97. The number of fused-ring (bicyclic) bond motifs is 1. The first-order chi connectivity index (χ1) is 7.02. The number of nitrogens with zero attached hydrogens (tertiary/aromatic N) is 4. The van der Waals surface area contributed by atoms with Crippen molar-refractivity contribution in [3.8, 4) is 6.07 Å². The molecule has 0 amide bonds. The molecule has 0 bridgehead atoms. The van der Waals surface area contributed by atoms with Crippen molar-refractivity contribution in [2.45, 2.75) is 26.2 Å². The molecule has 0 aromatic carbocycles. The minimum atomic E-state index is -0.0226. The van der Waals surface area contributed by atoms with Crippen molar-refractivity contribution >= 4 is 5.65 Å². The predicted molar refractivity (Wildman–Crippen MR) is 56.4 cm³/mol. The van der Waals surface area contributed by atoms with E-state index in [-0.39, 0.29) is 5.41 Å². The molecule has 0 atom stereocenters. The van der Waals surface area contributed by atoms with E-state index in [1.54, 1.807) is 4.52 Å². The second kappa shape index (κ2) is 3.06. The van der Waals surface area contributed by atoms with Crippen LogP contribution in [0.4, 0.5) is 0 Å². The standard InChI is InChI=1S/C11H12N4/c1-11(2,3)9-4-5-10-13-7-8(6-12)15(10)14-9/h4-5,7H,1-3H3. The monoisotopic (exact) mass is 200 g/mol. The zero-order chi connectivity index (χ0) is 11.1. The molecule has 0 aliphatic rings. The van der Waals surface area contributed by atoms with Crippen LogP contribution < -0.4 is 0 Å². The summed E-state index contributed by atoms with van der Waals surface area (Å²) in [4.78, 5) is 4.09. The van der Waals surface area contributed by atoms with Gasteiger partial charge in [0.05, 0.1) is 11.9 Å². The van der Waals surface area contributed by atoms with Crippen LogP contribution in [-0.2, 0) is 5.41 Å². The molecule has 76 valence electrons. The molecule has 2 rings (SSSR count). The summed E-state index contributed by atoms with van der Waals surface area (Å²) in [6, 6.07) is 5.90. The summed E-state index contributed by atoms with van der Waals surface area (Å²) in [7, 11) is 0. The van der Waals surface area contributed by atoms with Crippen molar-refractivity contribution in [1.29, 1.82) is 5.26 Å². The lowest BCUT2D eigenvalue weighted by Gasteiger charge is -2.17. The fourth-order valence-corrected chi connectivity index (χ4v) is 1.35. The topological polar surface area (TPSA) is 54.0 Å². The number of rotatable bonds is 0. The van der Waals surface area contributed by atoms with Gasteiger partial charge in [0.2, 0.25) is 0 Å². The lowest BCUT2D eigenvalue weighted by Crippen LogP contribution is -2.15. The summed E-state index contributed by atoms with van der Waals surface area (Å²) in [6.45, 7) is 6.26. The van der Waals surface area contributed by atoms with E-state index in [1.807, 2.05) is 12.1 Å². The fraction of sp³-hybridized carbons (Fsp3) is 0.364. The Bertz CT molecular complexity index is 540. The van der Waals surface area contributed by atoms with Crippen LogP contribution in [-0.4, -0.2) is 14.6 Å². The van der Waals surface area contributed by atoms with E-state index in [0.717, 1.165) is 5.69 Å². The zero-order valence-corrected chi connectivity index (χ0v) is 9.02. The lowest BCUT2D eigenvalue weighted by molar-refractivity contribution is 0.554. The number of nitriles is 1. The molecule has 0 spiro atoms.